The third-order valence-corrected chi connectivity index (χ3v) is 2.68. The molecule has 0 aromatic carbocycles. The number of carbonyl (C=O) groups excluding carboxylic acids is 1. The van der Waals surface area contributed by atoms with E-state index in [-0.39, 0.29) is 12.3 Å². The van der Waals surface area contributed by atoms with E-state index in [9.17, 15) is 9.90 Å². The summed E-state index contributed by atoms with van der Waals surface area (Å²) in [4.78, 5) is 13.0. The second kappa shape index (κ2) is 5.09. The number of ether oxygens (including phenoxy) is 1. The summed E-state index contributed by atoms with van der Waals surface area (Å²) in [6.07, 6.45) is 0. The van der Waals surface area contributed by atoms with Gasteiger partial charge in [0.25, 0.3) is 0 Å². The van der Waals surface area contributed by atoms with E-state index in [2.05, 4.69) is 14.9 Å². The zero-order valence-corrected chi connectivity index (χ0v) is 10.5. The van der Waals surface area contributed by atoms with Crippen molar-refractivity contribution in [1.29, 1.82) is 0 Å². The molecule has 0 saturated carbocycles. The smallest absolute Gasteiger partial charge is 0.358 e. The molecule has 1 aromatic rings. The molecule has 6 nitrogen and oxygen atoms in total. The number of anilines is 1. The predicted molar refractivity (Wildman–Crippen MR) is 62.9 cm³/mol. The van der Waals surface area contributed by atoms with Crippen LogP contribution in [0.15, 0.2) is 12.1 Å². The molecule has 0 amide bonds. The number of aromatic nitrogens is 2. The van der Waals surface area contributed by atoms with Crippen molar-refractivity contribution >= 4 is 11.8 Å². The minimum Gasteiger partial charge on any atom is -0.464 e. The van der Waals surface area contributed by atoms with Gasteiger partial charge in [-0.25, -0.2) is 4.79 Å². The summed E-state index contributed by atoms with van der Waals surface area (Å²) in [5.41, 5.74) is -0.284. The molecule has 0 aliphatic heterocycles. The van der Waals surface area contributed by atoms with Crippen LogP contribution in [0.4, 0.5) is 5.82 Å². The van der Waals surface area contributed by atoms with Gasteiger partial charge in [0.05, 0.1) is 19.3 Å². The number of aliphatic hydroxyl groups is 1. The van der Waals surface area contributed by atoms with Gasteiger partial charge >= 0.3 is 5.97 Å². The summed E-state index contributed by atoms with van der Waals surface area (Å²) < 4.78 is 4.53. The highest BCUT2D eigenvalue weighted by Crippen LogP contribution is 2.18. The van der Waals surface area contributed by atoms with Gasteiger partial charge in [-0.2, -0.15) is 0 Å². The first-order valence-electron chi connectivity index (χ1n) is 5.19. The van der Waals surface area contributed by atoms with Crippen molar-refractivity contribution in [2.45, 2.75) is 19.4 Å². The van der Waals surface area contributed by atoms with Crippen LogP contribution in [0.1, 0.15) is 24.3 Å². The first-order valence-corrected chi connectivity index (χ1v) is 5.19. The van der Waals surface area contributed by atoms with Crippen molar-refractivity contribution in [1.82, 2.24) is 10.2 Å². The van der Waals surface area contributed by atoms with E-state index in [1.807, 2.05) is 13.8 Å². The zero-order chi connectivity index (χ0) is 13.1. The van der Waals surface area contributed by atoms with Crippen LogP contribution in [0.5, 0.6) is 0 Å². The van der Waals surface area contributed by atoms with Crippen molar-refractivity contribution in [3.63, 3.8) is 0 Å². The molecule has 0 aliphatic rings. The maximum atomic E-state index is 11.2. The van der Waals surface area contributed by atoms with E-state index in [1.54, 1.807) is 18.0 Å². The topological polar surface area (TPSA) is 75.5 Å². The van der Waals surface area contributed by atoms with Crippen LogP contribution < -0.4 is 4.90 Å². The fourth-order valence-corrected chi connectivity index (χ4v) is 1.13. The molecule has 1 N–H and O–H groups in total. The van der Waals surface area contributed by atoms with Gasteiger partial charge in [-0.05, 0) is 26.0 Å². The summed E-state index contributed by atoms with van der Waals surface area (Å²) in [5.74, 6) is 0.0600. The number of nitrogens with zero attached hydrogens (tertiary/aromatic N) is 3. The largest absolute Gasteiger partial charge is 0.464 e. The lowest BCUT2D eigenvalue weighted by atomic mass is 10.1. The molecule has 6 heteroatoms. The van der Waals surface area contributed by atoms with Crippen molar-refractivity contribution in [3.05, 3.63) is 17.8 Å². The molecule has 0 bridgehead atoms. The van der Waals surface area contributed by atoms with Crippen LogP contribution in [-0.4, -0.2) is 47.6 Å². The molecule has 1 aromatic heterocycles. The quantitative estimate of drug-likeness (QED) is 0.770. The Hall–Kier alpha value is -1.69. The molecule has 1 rings (SSSR count). The maximum Gasteiger partial charge on any atom is 0.358 e. The second-order valence-electron chi connectivity index (χ2n) is 4.30. The van der Waals surface area contributed by atoms with Crippen molar-refractivity contribution in [2.24, 2.45) is 0 Å². The highest BCUT2D eigenvalue weighted by molar-refractivity contribution is 5.86. The Morgan fingerprint density at radius 2 is 2.12 bits per heavy atom. The van der Waals surface area contributed by atoms with Gasteiger partial charge in [0.2, 0.25) is 0 Å². The molecule has 0 aliphatic carbocycles. The van der Waals surface area contributed by atoms with Gasteiger partial charge in [-0.3, -0.25) is 0 Å². The Morgan fingerprint density at radius 1 is 1.47 bits per heavy atom. The normalized spacial score (nSPS) is 11.1. The van der Waals surface area contributed by atoms with Crippen LogP contribution in [0.3, 0.4) is 0 Å². The number of hydrogen-bond donors (Lipinski definition) is 1. The first-order chi connectivity index (χ1) is 7.92. The Balaban J connectivity index is 2.91. The highest BCUT2D eigenvalue weighted by Gasteiger charge is 2.24. The molecule has 0 spiro atoms. The molecule has 0 unspecified atom stereocenters. The lowest BCUT2D eigenvalue weighted by Gasteiger charge is -2.34. The van der Waals surface area contributed by atoms with Crippen molar-refractivity contribution in [3.8, 4) is 0 Å². The maximum absolute atomic E-state index is 11.2. The lowest BCUT2D eigenvalue weighted by molar-refractivity contribution is 0.0592. The predicted octanol–water partition coefficient (Wildman–Crippen LogP) is 0.470. The average molecular weight is 239 g/mol. The SMILES string of the molecule is COC(=O)c1ccc(N(C)C(C)(C)CO)nn1. The second-order valence-corrected chi connectivity index (χ2v) is 4.30. The molecule has 0 radical (unpaired) electrons. The third-order valence-electron chi connectivity index (χ3n) is 2.68. The van der Waals surface area contributed by atoms with Crippen LogP contribution in [0.25, 0.3) is 0 Å². The van der Waals surface area contributed by atoms with Gasteiger partial charge in [-0.1, -0.05) is 0 Å². The fourth-order valence-electron chi connectivity index (χ4n) is 1.13. The fraction of sp³-hybridized carbons (Fsp3) is 0.545. The highest BCUT2D eigenvalue weighted by atomic mass is 16.5. The van der Waals surface area contributed by atoms with E-state index in [4.69, 9.17) is 0 Å². The monoisotopic (exact) mass is 239 g/mol. The van der Waals surface area contributed by atoms with Gasteiger partial charge < -0.3 is 14.7 Å². The number of hydrogen-bond acceptors (Lipinski definition) is 6. The number of aliphatic hydroxyl groups excluding tert-OH is 1. The van der Waals surface area contributed by atoms with Gasteiger partial charge in [0.15, 0.2) is 11.5 Å². The van der Waals surface area contributed by atoms with Crippen LogP contribution in [0, 0.1) is 0 Å². The molecule has 0 atom stereocenters. The van der Waals surface area contributed by atoms with Crippen molar-refractivity contribution in [2.75, 3.05) is 25.7 Å². The van der Waals surface area contributed by atoms with E-state index in [0.29, 0.717) is 5.82 Å². The minimum atomic E-state index is -0.520. The minimum absolute atomic E-state index is 0.00999. The summed E-state index contributed by atoms with van der Waals surface area (Å²) >= 11 is 0. The first kappa shape index (κ1) is 13.4. The Kier molecular flexibility index (Phi) is 4.01. The van der Waals surface area contributed by atoms with Gasteiger partial charge in [0, 0.05) is 7.05 Å². The number of rotatable bonds is 4. The standard InChI is InChI=1S/C11H17N3O3/c1-11(2,7-15)14(3)9-6-5-8(12-13-9)10(16)17-4/h5-6,15H,7H2,1-4H3. The van der Waals surface area contributed by atoms with E-state index >= 15 is 0 Å². The molecule has 0 saturated heterocycles. The number of carbonyl (C=O) groups is 1. The Morgan fingerprint density at radius 3 is 2.53 bits per heavy atom. The summed E-state index contributed by atoms with van der Waals surface area (Å²) in [6.45, 7) is 3.75. The lowest BCUT2D eigenvalue weighted by Crippen LogP contribution is -2.44. The number of likely N-dealkylation sites (N-methyl/N-ethyl adjacent to an activating group) is 1. The van der Waals surface area contributed by atoms with Crippen LogP contribution >= 0.6 is 0 Å². The molecule has 17 heavy (non-hydrogen) atoms. The number of esters is 1. The summed E-state index contributed by atoms with van der Waals surface area (Å²) in [6, 6.07) is 3.20. The average Bonchev–Trinajstić information content (AvgIpc) is 2.37. The molecule has 94 valence electrons. The molecular formula is C11H17N3O3. The van der Waals surface area contributed by atoms with E-state index in [0.717, 1.165) is 0 Å². The zero-order valence-electron chi connectivity index (χ0n) is 10.5. The Bertz CT molecular complexity index is 389. The van der Waals surface area contributed by atoms with E-state index in [1.165, 1.54) is 13.2 Å². The third kappa shape index (κ3) is 2.91. The summed E-state index contributed by atoms with van der Waals surface area (Å²) in [7, 11) is 3.09. The van der Waals surface area contributed by atoms with Gasteiger partial charge in [0.1, 0.15) is 0 Å². The van der Waals surface area contributed by atoms with E-state index < -0.39 is 11.5 Å². The van der Waals surface area contributed by atoms with Crippen molar-refractivity contribution < 1.29 is 14.6 Å². The summed E-state index contributed by atoms with van der Waals surface area (Å²) in [5, 5.41) is 16.9. The van der Waals surface area contributed by atoms with Gasteiger partial charge in [-0.15, -0.1) is 10.2 Å². The van der Waals surface area contributed by atoms with Crippen LogP contribution in [-0.2, 0) is 4.74 Å². The van der Waals surface area contributed by atoms with Crippen LogP contribution in [0.2, 0.25) is 0 Å². The molecular weight excluding hydrogens is 222 g/mol. The Labute approximate surface area is 100 Å². The molecule has 0 fully saturated rings. The number of methoxy groups -OCH3 is 1. The molecule has 1 heterocycles.